The zero-order valence-electron chi connectivity index (χ0n) is 13.2. The maximum absolute atomic E-state index is 13.6. The van der Waals surface area contributed by atoms with Crippen LogP contribution in [0.2, 0.25) is 0 Å². The first kappa shape index (κ1) is 18.0. The number of ether oxygens (including phenoxy) is 1. The molecular formula is C17H25FO2S. The van der Waals surface area contributed by atoms with Crippen molar-refractivity contribution in [1.29, 1.82) is 0 Å². The highest BCUT2D eigenvalue weighted by Crippen LogP contribution is 2.21. The fraction of sp³-hybridized carbons (Fsp3) is 0.588. The lowest BCUT2D eigenvalue weighted by Crippen LogP contribution is -2.06. The number of thioether (sulfide) groups is 1. The summed E-state index contributed by atoms with van der Waals surface area (Å²) in [5, 5.41) is 0.251. The Morgan fingerprint density at radius 2 is 2.05 bits per heavy atom. The molecule has 0 radical (unpaired) electrons. The van der Waals surface area contributed by atoms with Gasteiger partial charge in [-0.25, -0.2) is 4.39 Å². The van der Waals surface area contributed by atoms with Crippen molar-refractivity contribution in [2.45, 2.75) is 46.0 Å². The molecule has 0 spiro atoms. The molecule has 0 aliphatic carbocycles. The van der Waals surface area contributed by atoms with Crippen molar-refractivity contribution in [3.63, 3.8) is 0 Å². The van der Waals surface area contributed by atoms with Crippen molar-refractivity contribution in [2.75, 3.05) is 12.9 Å². The van der Waals surface area contributed by atoms with Crippen LogP contribution in [0.5, 0.6) is 5.75 Å². The van der Waals surface area contributed by atoms with Crippen LogP contribution in [-0.4, -0.2) is 18.0 Å². The lowest BCUT2D eigenvalue weighted by molar-refractivity contribution is -0.111. The number of hydrogen-bond acceptors (Lipinski definition) is 3. The van der Waals surface area contributed by atoms with Gasteiger partial charge in [-0.05, 0) is 49.1 Å². The van der Waals surface area contributed by atoms with Gasteiger partial charge in [-0.3, -0.25) is 4.79 Å². The molecule has 0 aliphatic rings. The van der Waals surface area contributed by atoms with Crippen molar-refractivity contribution >= 4 is 16.9 Å². The number of aryl methyl sites for hydroxylation is 1. The lowest BCUT2D eigenvalue weighted by atomic mass is 10.1. The molecular weight excluding hydrogens is 287 g/mol. The molecule has 0 atom stereocenters. The van der Waals surface area contributed by atoms with Gasteiger partial charge in [0.05, 0.1) is 6.61 Å². The summed E-state index contributed by atoms with van der Waals surface area (Å²) >= 11 is 1.29. The zero-order valence-corrected chi connectivity index (χ0v) is 14.0. The first-order valence-electron chi connectivity index (χ1n) is 7.51. The van der Waals surface area contributed by atoms with Crippen LogP contribution in [0.25, 0.3) is 0 Å². The van der Waals surface area contributed by atoms with E-state index in [1.807, 2.05) is 26.2 Å². The maximum atomic E-state index is 13.6. The summed E-state index contributed by atoms with van der Waals surface area (Å²) in [4.78, 5) is 11.2. The van der Waals surface area contributed by atoms with E-state index in [0.717, 1.165) is 31.2 Å². The van der Waals surface area contributed by atoms with E-state index in [9.17, 15) is 9.18 Å². The Labute approximate surface area is 131 Å². The van der Waals surface area contributed by atoms with Crippen LogP contribution >= 0.6 is 11.8 Å². The maximum Gasteiger partial charge on any atom is 0.188 e. The highest BCUT2D eigenvalue weighted by molar-refractivity contribution is 8.13. The minimum Gasteiger partial charge on any atom is -0.490 e. The number of rotatable bonds is 9. The predicted octanol–water partition coefficient (Wildman–Crippen LogP) is 4.85. The van der Waals surface area contributed by atoms with Crippen molar-refractivity contribution < 1.29 is 13.9 Å². The van der Waals surface area contributed by atoms with E-state index in [-0.39, 0.29) is 10.9 Å². The number of hydrogen-bond donors (Lipinski definition) is 0. The van der Waals surface area contributed by atoms with Crippen molar-refractivity contribution in [3.05, 3.63) is 29.6 Å². The van der Waals surface area contributed by atoms with Gasteiger partial charge < -0.3 is 4.74 Å². The molecule has 0 N–H and O–H groups in total. The minimum absolute atomic E-state index is 0.251. The Kier molecular flexibility index (Phi) is 8.43. The first-order chi connectivity index (χ1) is 10.0. The molecule has 0 heterocycles. The molecule has 0 amide bonds. The van der Waals surface area contributed by atoms with Crippen LogP contribution in [0, 0.1) is 11.7 Å². The third-order valence-electron chi connectivity index (χ3n) is 3.14. The van der Waals surface area contributed by atoms with Gasteiger partial charge in [0.2, 0.25) is 0 Å². The summed E-state index contributed by atoms with van der Waals surface area (Å²) in [6, 6.07) is 5.08. The number of benzene rings is 1. The fourth-order valence-corrected chi connectivity index (χ4v) is 2.30. The molecule has 0 fully saturated rings. The quantitative estimate of drug-likeness (QED) is 0.610. The van der Waals surface area contributed by atoms with Crippen LogP contribution in [0.3, 0.4) is 0 Å². The minimum atomic E-state index is -0.301. The van der Waals surface area contributed by atoms with E-state index in [2.05, 4.69) is 0 Å². The van der Waals surface area contributed by atoms with Crippen molar-refractivity contribution in [1.82, 2.24) is 0 Å². The molecule has 0 bridgehead atoms. The van der Waals surface area contributed by atoms with Crippen LogP contribution < -0.4 is 4.74 Å². The summed E-state index contributed by atoms with van der Waals surface area (Å²) in [6.07, 6.45) is 6.32. The number of halogens is 1. The molecule has 4 heteroatoms. The van der Waals surface area contributed by atoms with Crippen LogP contribution in [0.15, 0.2) is 18.2 Å². The van der Waals surface area contributed by atoms with Gasteiger partial charge in [0.25, 0.3) is 0 Å². The smallest absolute Gasteiger partial charge is 0.188 e. The molecule has 0 saturated carbocycles. The molecule has 118 valence electrons. The average Bonchev–Trinajstić information content (AvgIpc) is 2.46. The van der Waals surface area contributed by atoms with Gasteiger partial charge in [-0.2, -0.15) is 0 Å². The lowest BCUT2D eigenvalue weighted by Gasteiger charge is -2.11. The van der Waals surface area contributed by atoms with Crippen molar-refractivity contribution in [3.8, 4) is 5.75 Å². The highest BCUT2D eigenvalue weighted by Gasteiger charge is 2.06. The number of unbranched alkanes of at least 4 members (excludes halogenated alkanes) is 2. The van der Waals surface area contributed by atoms with E-state index in [1.165, 1.54) is 17.8 Å². The molecule has 0 unspecified atom stereocenters. The molecule has 1 rings (SSSR count). The Bertz CT molecular complexity index is 446. The van der Waals surface area contributed by atoms with E-state index in [4.69, 9.17) is 4.74 Å². The summed E-state index contributed by atoms with van der Waals surface area (Å²) < 4.78 is 19.1. The van der Waals surface area contributed by atoms with Gasteiger partial charge in [0.15, 0.2) is 16.7 Å². The van der Waals surface area contributed by atoms with Gasteiger partial charge in [-0.15, -0.1) is 0 Å². The van der Waals surface area contributed by atoms with Crippen LogP contribution in [0.1, 0.15) is 45.1 Å². The standard InChI is InChI=1S/C17H25FO2S/c1-13(2)12-20-16-11-14(9-10-15(16)18)7-5-4-6-8-17(19)21-3/h9-11,13H,4-8,12H2,1-3H3. The highest BCUT2D eigenvalue weighted by atomic mass is 32.2. The van der Waals surface area contributed by atoms with Crippen LogP contribution in [-0.2, 0) is 11.2 Å². The van der Waals surface area contributed by atoms with Crippen molar-refractivity contribution in [2.24, 2.45) is 5.92 Å². The Morgan fingerprint density at radius 3 is 2.71 bits per heavy atom. The van der Waals surface area contributed by atoms with Gasteiger partial charge >= 0.3 is 0 Å². The SMILES string of the molecule is CSC(=O)CCCCCc1ccc(F)c(OCC(C)C)c1. The average molecular weight is 312 g/mol. The Balaban J connectivity index is 2.38. The van der Waals surface area contributed by atoms with Gasteiger partial charge in [0, 0.05) is 6.42 Å². The topological polar surface area (TPSA) is 26.3 Å². The first-order valence-corrected chi connectivity index (χ1v) is 8.73. The van der Waals surface area contributed by atoms with E-state index < -0.39 is 0 Å². The number of carbonyl (C=O) groups is 1. The molecule has 0 aromatic heterocycles. The third kappa shape index (κ3) is 7.51. The summed E-state index contributed by atoms with van der Waals surface area (Å²) in [5.41, 5.74) is 1.09. The predicted molar refractivity (Wildman–Crippen MR) is 87.4 cm³/mol. The third-order valence-corrected chi connectivity index (χ3v) is 3.80. The monoisotopic (exact) mass is 312 g/mol. The second kappa shape index (κ2) is 9.82. The van der Waals surface area contributed by atoms with Gasteiger partial charge in [0.1, 0.15) is 0 Å². The number of carbonyl (C=O) groups excluding carboxylic acids is 1. The normalized spacial score (nSPS) is 10.9. The summed E-state index contributed by atoms with van der Waals surface area (Å²) in [5.74, 6) is 0.422. The Hall–Kier alpha value is -1.03. The second-order valence-corrected chi connectivity index (χ2v) is 6.47. The largest absolute Gasteiger partial charge is 0.490 e. The fourth-order valence-electron chi connectivity index (χ4n) is 1.95. The van der Waals surface area contributed by atoms with Gasteiger partial charge in [-0.1, -0.05) is 38.1 Å². The molecule has 0 aliphatic heterocycles. The zero-order chi connectivity index (χ0) is 15.7. The molecule has 1 aromatic rings. The molecule has 0 saturated heterocycles. The molecule has 21 heavy (non-hydrogen) atoms. The Morgan fingerprint density at radius 1 is 1.29 bits per heavy atom. The second-order valence-electron chi connectivity index (χ2n) is 5.61. The molecule has 2 nitrogen and oxygen atoms in total. The van der Waals surface area contributed by atoms with E-state index in [1.54, 1.807) is 6.07 Å². The summed E-state index contributed by atoms with van der Waals surface area (Å²) in [7, 11) is 0. The van der Waals surface area contributed by atoms with Crippen LogP contribution in [0.4, 0.5) is 4.39 Å². The van der Waals surface area contributed by atoms with E-state index in [0.29, 0.717) is 24.7 Å². The van der Waals surface area contributed by atoms with E-state index >= 15 is 0 Å². The summed E-state index contributed by atoms with van der Waals surface area (Å²) in [6.45, 7) is 4.60. The molecule has 1 aromatic carbocycles.